The monoisotopic (exact) mass is 272 g/mol. The quantitative estimate of drug-likeness (QED) is 0.836. The molecule has 2 aliphatic rings. The number of aryl methyl sites for hydroxylation is 2. The van der Waals surface area contributed by atoms with E-state index >= 15 is 0 Å². The predicted molar refractivity (Wildman–Crippen MR) is 81.8 cm³/mol. The van der Waals surface area contributed by atoms with Crippen molar-refractivity contribution in [1.29, 1.82) is 0 Å². The maximum Gasteiger partial charge on any atom is 0.239 e. The van der Waals surface area contributed by atoms with Crippen molar-refractivity contribution in [3.05, 3.63) is 29.3 Å². The molecule has 20 heavy (non-hydrogen) atoms. The second-order valence-corrected chi connectivity index (χ2v) is 6.50. The molecule has 3 nitrogen and oxygen atoms in total. The Hall–Kier alpha value is -1.51. The zero-order valence-electron chi connectivity index (χ0n) is 12.4. The van der Waals surface area contributed by atoms with Gasteiger partial charge in [0.25, 0.3) is 0 Å². The topological polar surface area (TPSA) is 41.1 Å². The van der Waals surface area contributed by atoms with Crippen molar-refractivity contribution in [2.24, 2.45) is 11.8 Å². The summed E-state index contributed by atoms with van der Waals surface area (Å²) in [6.45, 7) is 4.53. The van der Waals surface area contributed by atoms with Gasteiger partial charge in [-0.05, 0) is 74.6 Å². The molecule has 3 heteroatoms. The Labute approximate surface area is 121 Å². The number of hydrogen-bond donors (Lipinski definition) is 2. The maximum atomic E-state index is 12.1. The molecule has 0 atom stereocenters. The van der Waals surface area contributed by atoms with Crippen molar-refractivity contribution in [3.8, 4) is 0 Å². The fourth-order valence-electron chi connectivity index (χ4n) is 3.03. The van der Waals surface area contributed by atoms with E-state index in [9.17, 15) is 4.79 Å². The fraction of sp³-hybridized carbons (Fsp3) is 0.588. The molecular weight excluding hydrogens is 248 g/mol. The number of nitrogens with one attached hydrogen (secondary N) is 2. The molecule has 0 heterocycles. The van der Waals surface area contributed by atoms with E-state index in [1.807, 2.05) is 0 Å². The van der Waals surface area contributed by atoms with Crippen molar-refractivity contribution in [1.82, 2.24) is 5.32 Å². The first-order valence-electron chi connectivity index (χ1n) is 7.73. The molecule has 2 N–H and O–H groups in total. The van der Waals surface area contributed by atoms with Crippen molar-refractivity contribution in [2.45, 2.75) is 45.6 Å². The molecule has 0 spiro atoms. The molecule has 0 aromatic heterocycles. The number of hydrogen-bond acceptors (Lipinski definition) is 2. The van der Waals surface area contributed by atoms with E-state index in [-0.39, 0.29) is 5.91 Å². The zero-order chi connectivity index (χ0) is 14.1. The molecular formula is C17H24N2O. The lowest BCUT2D eigenvalue weighted by atomic mass is 10.1. The van der Waals surface area contributed by atoms with E-state index in [0.29, 0.717) is 12.6 Å². The van der Waals surface area contributed by atoms with E-state index < -0.39 is 0 Å². The average molecular weight is 272 g/mol. The third-order valence-corrected chi connectivity index (χ3v) is 4.26. The number of amides is 1. The Morgan fingerprint density at radius 2 is 1.65 bits per heavy atom. The van der Waals surface area contributed by atoms with Gasteiger partial charge in [-0.2, -0.15) is 0 Å². The summed E-state index contributed by atoms with van der Waals surface area (Å²) in [5.41, 5.74) is 3.48. The third kappa shape index (κ3) is 3.53. The van der Waals surface area contributed by atoms with Crippen LogP contribution in [0.15, 0.2) is 18.2 Å². The Morgan fingerprint density at radius 1 is 1.10 bits per heavy atom. The first kappa shape index (κ1) is 13.5. The van der Waals surface area contributed by atoms with Crippen molar-refractivity contribution in [3.63, 3.8) is 0 Å². The molecule has 0 aliphatic heterocycles. The molecule has 1 aromatic carbocycles. The molecule has 0 unspecified atom stereocenters. The van der Waals surface area contributed by atoms with E-state index in [1.54, 1.807) is 0 Å². The molecule has 1 amide bonds. The standard InChI is InChI=1S/C17H24N2O/c1-11-7-12(2)9-15(8-11)18-10-16(20)19-17(13-3-4-13)14-5-6-14/h7-9,13-14,17-18H,3-6,10H2,1-2H3,(H,19,20). The van der Waals surface area contributed by atoms with Gasteiger partial charge in [-0.1, -0.05) is 6.07 Å². The van der Waals surface area contributed by atoms with Crippen LogP contribution in [-0.4, -0.2) is 18.5 Å². The summed E-state index contributed by atoms with van der Waals surface area (Å²) in [7, 11) is 0. The van der Waals surface area contributed by atoms with E-state index in [4.69, 9.17) is 0 Å². The number of anilines is 1. The normalized spacial score (nSPS) is 18.1. The van der Waals surface area contributed by atoms with Crippen LogP contribution >= 0.6 is 0 Å². The molecule has 108 valence electrons. The molecule has 1 aromatic rings. The summed E-state index contributed by atoms with van der Waals surface area (Å²) in [6, 6.07) is 6.75. The molecule has 0 saturated heterocycles. The summed E-state index contributed by atoms with van der Waals surface area (Å²) in [5.74, 6) is 1.65. The zero-order valence-corrected chi connectivity index (χ0v) is 12.4. The molecule has 0 radical (unpaired) electrons. The van der Waals surface area contributed by atoms with Crippen molar-refractivity contribution < 1.29 is 4.79 Å². The van der Waals surface area contributed by atoms with Gasteiger partial charge in [-0.15, -0.1) is 0 Å². The second-order valence-electron chi connectivity index (χ2n) is 6.50. The third-order valence-electron chi connectivity index (χ3n) is 4.26. The summed E-state index contributed by atoms with van der Waals surface area (Å²) in [4.78, 5) is 12.1. The fourth-order valence-corrected chi connectivity index (χ4v) is 3.03. The minimum atomic E-state index is 0.132. The largest absolute Gasteiger partial charge is 0.376 e. The minimum absolute atomic E-state index is 0.132. The number of carbonyl (C=O) groups is 1. The van der Waals surface area contributed by atoms with Crippen LogP contribution in [0.2, 0.25) is 0 Å². The first-order chi connectivity index (χ1) is 9.61. The summed E-state index contributed by atoms with van der Waals surface area (Å²) in [5, 5.41) is 6.48. The highest BCUT2D eigenvalue weighted by molar-refractivity contribution is 5.81. The predicted octanol–water partition coefficient (Wildman–Crippen LogP) is 3.02. The first-order valence-corrected chi connectivity index (χ1v) is 7.73. The van der Waals surface area contributed by atoms with Crippen molar-refractivity contribution in [2.75, 3.05) is 11.9 Å². The van der Waals surface area contributed by atoms with Gasteiger partial charge in [-0.3, -0.25) is 4.79 Å². The van der Waals surface area contributed by atoms with Crippen LogP contribution in [0.3, 0.4) is 0 Å². The minimum Gasteiger partial charge on any atom is -0.376 e. The van der Waals surface area contributed by atoms with Gasteiger partial charge < -0.3 is 10.6 Å². The molecule has 3 rings (SSSR count). The summed E-state index contributed by atoms with van der Waals surface area (Å²) >= 11 is 0. The van der Waals surface area contributed by atoms with Crippen molar-refractivity contribution >= 4 is 11.6 Å². The van der Waals surface area contributed by atoms with Crippen LogP contribution in [0.1, 0.15) is 36.8 Å². The lowest BCUT2D eigenvalue weighted by Crippen LogP contribution is -2.41. The molecule has 2 saturated carbocycles. The van der Waals surface area contributed by atoms with E-state index in [1.165, 1.54) is 36.8 Å². The summed E-state index contributed by atoms with van der Waals surface area (Å²) in [6.07, 6.45) is 5.19. The van der Waals surface area contributed by atoms with Gasteiger partial charge in [0, 0.05) is 11.7 Å². The van der Waals surface area contributed by atoms with Gasteiger partial charge in [0.05, 0.1) is 6.54 Å². The van der Waals surface area contributed by atoms with E-state index in [0.717, 1.165) is 17.5 Å². The Balaban J connectivity index is 1.51. The number of rotatable bonds is 6. The van der Waals surface area contributed by atoms with Crippen LogP contribution in [0, 0.1) is 25.7 Å². The molecule has 2 aliphatic carbocycles. The lowest BCUT2D eigenvalue weighted by molar-refractivity contribution is -0.120. The SMILES string of the molecule is Cc1cc(C)cc(NCC(=O)NC(C2CC2)C2CC2)c1. The van der Waals surface area contributed by atoms with Gasteiger partial charge in [-0.25, -0.2) is 0 Å². The maximum absolute atomic E-state index is 12.1. The van der Waals surface area contributed by atoms with Gasteiger partial charge in [0.1, 0.15) is 0 Å². The average Bonchev–Trinajstić information content (AvgIpc) is 3.26. The van der Waals surface area contributed by atoms with Gasteiger partial charge >= 0.3 is 0 Å². The molecule has 0 bridgehead atoms. The number of carbonyl (C=O) groups excluding carboxylic acids is 1. The smallest absolute Gasteiger partial charge is 0.239 e. The van der Waals surface area contributed by atoms with Crippen LogP contribution in [0.25, 0.3) is 0 Å². The molecule has 2 fully saturated rings. The highest BCUT2D eigenvalue weighted by Crippen LogP contribution is 2.44. The van der Waals surface area contributed by atoms with Crippen LogP contribution < -0.4 is 10.6 Å². The highest BCUT2D eigenvalue weighted by atomic mass is 16.2. The Kier molecular flexibility index (Phi) is 3.68. The van der Waals surface area contributed by atoms with Crippen LogP contribution in [0.5, 0.6) is 0 Å². The van der Waals surface area contributed by atoms with Gasteiger partial charge in [0.2, 0.25) is 5.91 Å². The van der Waals surface area contributed by atoms with E-state index in [2.05, 4.69) is 42.7 Å². The lowest BCUT2D eigenvalue weighted by Gasteiger charge is -2.18. The Bertz CT molecular complexity index is 471. The van der Waals surface area contributed by atoms with Crippen LogP contribution in [0.4, 0.5) is 5.69 Å². The highest BCUT2D eigenvalue weighted by Gasteiger charge is 2.42. The second kappa shape index (κ2) is 5.47. The Morgan fingerprint density at radius 3 is 2.15 bits per heavy atom. The number of benzene rings is 1. The van der Waals surface area contributed by atoms with Gasteiger partial charge in [0.15, 0.2) is 0 Å². The summed E-state index contributed by atoms with van der Waals surface area (Å²) < 4.78 is 0. The van der Waals surface area contributed by atoms with Crippen LogP contribution in [-0.2, 0) is 4.79 Å².